The number of amides is 1. The molecule has 0 spiro atoms. The summed E-state index contributed by atoms with van der Waals surface area (Å²) in [5.74, 6) is 0. The lowest BCUT2D eigenvalue weighted by Gasteiger charge is -2.34. The third-order valence-corrected chi connectivity index (χ3v) is 3.07. The first-order valence-corrected chi connectivity index (χ1v) is 5.90. The molecule has 0 radical (unpaired) electrons. The molecule has 1 aromatic heterocycles. The molecular formula is C12H17N3O3. The van der Waals surface area contributed by atoms with Crippen LogP contribution in [0.25, 0.3) is 0 Å². The number of hydrogen-bond donors (Lipinski definition) is 3. The van der Waals surface area contributed by atoms with E-state index in [9.17, 15) is 4.79 Å². The van der Waals surface area contributed by atoms with E-state index >= 15 is 0 Å². The summed E-state index contributed by atoms with van der Waals surface area (Å²) in [5.41, 5.74) is 7.31. The third kappa shape index (κ3) is 2.89. The van der Waals surface area contributed by atoms with Gasteiger partial charge in [-0.25, -0.2) is 4.79 Å². The van der Waals surface area contributed by atoms with Crippen LogP contribution in [0.2, 0.25) is 0 Å². The number of rotatable bonds is 2. The number of ether oxygens (including phenoxy) is 1. The molecule has 0 unspecified atom stereocenters. The minimum absolute atomic E-state index is 0.00633. The lowest BCUT2D eigenvalue weighted by atomic mass is 9.94. The Kier molecular flexibility index (Phi) is 3.66. The van der Waals surface area contributed by atoms with Crippen molar-refractivity contribution in [1.29, 1.82) is 0 Å². The highest BCUT2D eigenvalue weighted by atomic mass is 16.5. The van der Waals surface area contributed by atoms with Gasteiger partial charge in [0.05, 0.1) is 24.1 Å². The van der Waals surface area contributed by atoms with E-state index in [0.29, 0.717) is 18.5 Å². The molecule has 3 atom stereocenters. The summed E-state index contributed by atoms with van der Waals surface area (Å²) in [6.07, 6.45) is 3.31. The Hall–Kier alpha value is -1.82. The van der Waals surface area contributed by atoms with Gasteiger partial charge in [0.25, 0.3) is 0 Å². The quantitative estimate of drug-likeness (QED) is 0.740. The maximum absolute atomic E-state index is 10.7. The van der Waals surface area contributed by atoms with Crippen molar-refractivity contribution in [2.24, 2.45) is 0 Å². The first-order valence-electron chi connectivity index (χ1n) is 5.90. The van der Waals surface area contributed by atoms with Gasteiger partial charge in [-0.3, -0.25) is 4.98 Å². The second-order valence-corrected chi connectivity index (χ2v) is 4.56. The molecule has 1 aliphatic rings. The summed E-state index contributed by atoms with van der Waals surface area (Å²) >= 11 is 0. The van der Waals surface area contributed by atoms with Gasteiger partial charge < -0.3 is 20.9 Å². The maximum atomic E-state index is 10.7. The van der Waals surface area contributed by atoms with Crippen LogP contribution < -0.4 is 11.1 Å². The molecule has 6 nitrogen and oxygen atoms in total. The maximum Gasteiger partial charge on any atom is 0.404 e. The van der Waals surface area contributed by atoms with Crippen molar-refractivity contribution in [3.05, 3.63) is 24.0 Å². The summed E-state index contributed by atoms with van der Waals surface area (Å²) in [6.45, 7) is 1.93. The lowest BCUT2D eigenvalue weighted by Crippen LogP contribution is -2.41. The fraction of sp³-hybridized carbons (Fsp3) is 0.500. The van der Waals surface area contributed by atoms with Gasteiger partial charge in [-0.05, 0) is 25.8 Å². The van der Waals surface area contributed by atoms with Crippen LogP contribution in [0.4, 0.5) is 10.5 Å². The molecule has 1 aromatic rings. The van der Waals surface area contributed by atoms with E-state index < -0.39 is 6.09 Å². The molecule has 0 aromatic carbocycles. The molecule has 0 saturated carbocycles. The minimum Gasteiger partial charge on any atom is -0.465 e. The van der Waals surface area contributed by atoms with Gasteiger partial charge in [0.15, 0.2) is 0 Å². The molecular weight excluding hydrogens is 234 g/mol. The van der Waals surface area contributed by atoms with E-state index in [1.54, 1.807) is 12.4 Å². The molecule has 1 aliphatic heterocycles. The number of carboxylic acid groups (broad SMARTS) is 1. The Morgan fingerprint density at radius 2 is 2.39 bits per heavy atom. The van der Waals surface area contributed by atoms with Crippen LogP contribution in [0, 0.1) is 0 Å². The van der Waals surface area contributed by atoms with Crippen molar-refractivity contribution in [2.45, 2.75) is 38.0 Å². The number of carbonyl (C=O) groups is 1. The molecule has 18 heavy (non-hydrogen) atoms. The lowest BCUT2D eigenvalue weighted by molar-refractivity contribution is -0.0525. The molecule has 6 heteroatoms. The van der Waals surface area contributed by atoms with E-state index in [-0.39, 0.29) is 18.2 Å². The Labute approximate surface area is 105 Å². The highest BCUT2D eigenvalue weighted by Gasteiger charge is 2.30. The predicted molar refractivity (Wildman–Crippen MR) is 66.1 cm³/mol. The van der Waals surface area contributed by atoms with Crippen molar-refractivity contribution in [1.82, 2.24) is 10.3 Å². The van der Waals surface area contributed by atoms with Crippen LogP contribution in [0.1, 0.15) is 31.4 Å². The van der Waals surface area contributed by atoms with Crippen LogP contribution >= 0.6 is 0 Å². The topological polar surface area (TPSA) is 97.5 Å². The predicted octanol–water partition coefficient (Wildman–Crippen LogP) is 1.54. The molecule has 98 valence electrons. The molecule has 2 heterocycles. The van der Waals surface area contributed by atoms with Crippen molar-refractivity contribution in [3.63, 3.8) is 0 Å². The Morgan fingerprint density at radius 3 is 3.06 bits per heavy atom. The van der Waals surface area contributed by atoms with Crippen LogP contribution in [-0.4, -0.2) is 28.3 Å². The number of nitrogens with one attached hydrogen (secondary N) is 1. The van der Waals surface area contributed by atoms with Gasteiger partial charge in [-0.1, -0.05) is 0 Å². The average Bonchev–Trinajstić information content (AvgIpc) is 2.27. The minimum atomic E-state index is -1.00. The molecule has 2 rings (SSSR count). The smallest absolute Gasteiger partial charge is 0.404 e. The van der Waals surface area contributed by atoms with Crippen molar-refractivity contribution < 1.29 is 14.6 Å². The zero-order valence-electron chi connectivity index (χ0n) is 10.2. The molecule has 0 aliphatic carbocycles. The van der Waals surface area contributed by atoms with Crippen LogP contribution in [0.5, 0.6) is 0 Å². The summed E-state index contributed by atoms with van der Waals surface area (Å²) in [7, 11) is 0. The summed E-state index contributed by atoms with van der Waals surface area (Å²) in [5, 5.41) is 11.3. The van der Waals surface area contributed by atoms with E-state index in [4.69, 9.17) is 15.6 Å². The number of nitrogens with two attached hydrogens (primary N) is 1. The van der Waals surface area contributed by atoms with E-state index in [0.717, 1.165) is 5.56 Å². The molecule has 1 amide bonds. The normalized spacial score (nSPS) is 27.7. The summed E-state index contributed by atoms with van der Waals surface area (Å²) in [6, 6.07) is 1.71. The molecule has 0 bridgehead atoms. The Balaban J connectivity index is 2.13. The second kappa shape index (κ2) is 5.22. The largest absolute Gasteiger partial charge is 0.465 e. The van der Waals surface area contributed by atoms with Crippen LogP contribution in [0.3, 0.4) is 0 Å². The molecule has 1 saturated heterocycles. The summed E-state index contributed by atoms with van der Waals surface area (Å²) in [4.78, 5) is 14.6. The standard InChI is InChI=1S/C12H17N3O3/c1-7-4-8(15-12(16)17)5-11(18-7)9-2-3-14-6-10(9)13/h2-3,6-8,11,15H,4-5,13H2,1H3,(H,16,17)/t7-,8+,11-/m0/s1. The molecule has 4 N–H and O–H groups in total. The summed E-state index contributed by atoms with van der Waals surface area (Å²) < 4.78 is 5.82. The van der Waals surface area contributed by atoms with E-state index in [1.807, 2.05) is 13.0 Å². The van der Waals surface area contributed by atoms with E-state index in [2.05, 4.69) is 10.3 Å². The van der Waals surface area contributed by atoms with Crippen molar-refractivity contribution in [2.75, 3.05) is 5.73 Å². The number of nitrogens with zero attached hydrogens (tertiary/aromatic N) is 1. The highest BCUT2D eigenvalue weighted by molar-refractivity contribution is 5.64. The third-order valence-electron chi connectivity index (χ3n) is 3.07. The van der Waals surface area contributed by atoms with Crippen LogP contribution in [0.15, 0.2) is 18.5 Å². The number of nitrogen functional groups attached to an aromatic ring is 1. The van der Waals surface area contributed by atoms with Gasteiger partial charge in [-0.15, -0.1) is 0 Å². The van der Waals surface area contributed by atoms with Gasteiger partial charge in [0.2, 0.25) is 0 Å². The van der Waals surface area contributed by atoms with Crippen LogP contribution in [-0.2, 0) is 4.74 Å². The monoisotopic (exact) mass is 251 g/mol. The highest BCUT2D eigenvalue weighted by Crippen LogP contribution is 2.33. The average molecular weight is 251 g/mol. The fourth-order valence-electron chi connectivity index (χ4n) is 2.35. The van der Waals surface area contributed by atoms with Gasteiger partial charge in [-0.2, -0.15) is 0 Å². The SMILES string of the molecule is C[C@H]1C[C@@H](NC(=O)O)C[C@@H](c2ccncc2N)O1. The first-order chi connectivity index (χ1) is 8.56. The van der Waals surface area contributed by atoms with Crippen molar-refractivity contribution in [3.8, 4) is 0 Å². The Morgan fingerprint density at radius 1 is 1.61 bits per heavy atom. The van der Waals surface area contributed by atoms with Gasteiger partial charge in [0, 0.05) is 17.8 Å². The number of anilines is 1. The zero-order chi connectivity index (χ0) is 13.1. The molecule has 1 fully saturated rings. The number of pyridine rings is 1. The van der Waals surface area contributed by atoms with Crippen molar-refractivity contribution >= 4 is 11.8 Å². The van der Waals surface area contributed by atoms with Gasteiger partial charge in [0.1, 0.15) is 0 Å². The Bertz CT molecular complexity index is 438. The zero-order valence-corrected chi connectivity index (χ0v) is 10.2. The second-order valence-electron chi connectivity index (χ2n) is 4.56. The fourth-order valence-corrected chi connectivity index (χ4v) is 2.35. The first kappa shape index (κ1) is 12.6. The van der Waals surface area contributed by atoms with E-state index in [1.165, 1.54) is 0 Å². The van der Waals surface area contributed by atoms with Gasteiger partial charge >= 0.3 is 6.09 Å². The number of hydrogen-bond acceptors (Lipinski definition) is 4. The number of aromatic nitrogens is 1.